The average molecular weight is 974 g/mol. The highest BCUT2D eigenvalue weighted by atomic mass is 16.6. The minimum atomic E-state index is -0.790. The number of hydrogen-bond acceptors (Lipinski definition) is 6. The van der Waals surface area contributed by atoms with Gasteiger partial charge >= 0.3 is 17.9 Å². The van der Waals surface area contributed by atoms with E-state index in [0.717, 1.165) is 109 Å². The van der Waals surface area contributed by atoms with Crippen molar-refractivity contribution in [2.24, 2.45) is 0 Å². The fourth-order valence-electron chi connectivity index (χ4n) is 7.95. The van der Waals surface area contributed by atoms with Crippen molar-refractivity contribution in [1.29, 1.82) is 0 Å². The van der Waals surface area contributed by atoms with Crippen LogP contribution in [0, 0.1) is 0 Å². The van der Waals surface area contributed by atoms with Gasteiger partial charge in [-0.2, -0.15) is 0 Å². The summed E-state index contributed by atoms with van der Waals surface area (Å²) in [6.45, 7) is 6.44. The summed E-state index contributed by atoms with van der Waals surface area (Å²) in [6, 6.07) is 0. The Morgan fingerprint density at radius 2 is 0.557 bits per heavy atom. The molecule has 0 aliphatic rings. The van der Waals surface area contributed by atoms with Gasteiger partial charge in [-0.15, -0.1) is 0 Å². The van der Waals surface area contributed by atoms with Gasteiger partial charge in [0.2, 0.25) is 0 Å². The summed E-state index contributed by atoms with van der Waals surface area (Å²) < 4.78 is 16.7. The van der Waals surface area contributed by atoms with E-state index >= 15 is 0 Å². The molecule has 0 rings (SSSR count). The van der Waals surface area contributed by atoms with Gasteiger partial charge in [0.15, 0.2) is 6.10 Å². The Labute approximate surface area is 432 Å². The van der Waals surface area contributed by atoms with Crippen molar-refractivity contribution < 1.29 is 28.6 Å². The molecule has 0 saturated carbocycles. The zero-order valence-electron chi connectivity index (χ0n) is 45.8. The summed E-state index contributed by atoms with van der Waals surface area (Å²) in [6.07, 6.45) is 77.2. The number of carbonyl (C=O) groups is 3. The van der Waals surface area contributed by atoms with E-state index in [1.165, 1.54) is 122 Å². The van der Waals surface area contributed by atoms with E-state index in [9.17, 15) is 14.4 Å². The van der Waals surface area contributed by atoms with Gasteiger partial charge in [-0.25, -0.2) is 0 Å². The second-order valence-electron chi connectivity index (χ2n) is 19.2. The Kier molecular flexibility index (Phi) is 54.9. The third kappa shape index (κ3) is 55.3. The normalized spacial score (nSPS) is 12.8. The lowest BCUT2D eigenvalue weighted by Crippen LogP contribution is -2.30. The molecule has 0 aliphatic carbocycles. The van der Waals surface area contributed by atoms with E-state index in [1.54, 1.807) is 0 Å². The van der Waals surface area contributed by atoms with Crippen LogP contribution >= 0.6 is 0 Å². The lowest BCUT2D eigenvalue weighted by Gasteiger charge is -2.18. The summed E-state index contributed by atoms with van der Waals surface area (Å²) in [5, 5.41) is 0. The van der Waals surface area contributed by atoms with Crippen LogP contribution in [0.25, 0.3) is 0 Å². The van der Waals surface area contributed by atoms with Crippen LogP contribution < -0.4 is 0 Å². The van der Waals surface area contributed by atoms with Gasteiger partial charge < -0.3 is 14.2 Å². The van der Waals surface area contributed by atoms with Crippen molar-refractivity contribution in [1.82, 2.24) is 0 Å². The van der Waals surface area contributed by atoms with E-state index in [-0.39, 0.29) is 31.1 Å². The zero-order valence-corrected chi connectivity index (χ0v) is 45.8. The predicted octanol–water partition coefficient (Wildman–Crippen LogP) is 19.7. The van der Waals surface area contributed by atoms with Crippen molar-refractivity contribution in [2.45, 2.75) is 277 Å². The molecule has 0 aliphatic heterocycles. The minimum absolute atomic E-state index is 0.0891. The van der Waals surface area contributed by atoms with E-state index in [4.69, 9.17) is 14.2 Å². The third-order valence-electron chi connectivity index (χ3n) is 12.3. The van der Waals surface area contributed by atoms with Crippen molar-refractivity contribution in [3.63, 3.8) is 0 Å². The Hall–Kier alpha value is -3.67. The van der Waals surface area contributed by atoms with Crippen molar-refractivity contribution in [3.8, 4) is 0 Å². The Bertz CT molecular complexity index is 1400. The SMILES string of the molecule is CC/C=C\C/C=C\C/C=C\C/C=C\C/C=C\C/C=C\C/C=C\CCCCCC(=O)OCC(COC(=O)CCCCCCCC)OC(=O)CCCCCCCCCCC/C=C\CCCCCCCCCC. The van der Waals surface area contributed by atoms with E-state index in [2.05, 4.69) is 118 Å². The molecule has 0 spiro atoms. The average Bonchev–Trinajstić information content (AvgIpc) is 3.36. The third-order valence-corrected chi connectivity index (χ3v) is 12.3. The molecule has 0 radical (unpaired) electrons. The van der Waals surface area contributed by atoms with Crippen molar-refractivity contribution >= 4 is 17.9 Å². The summed E-state index contributed by atoms with van der Waals surface area (Å²) in [7, 11) is 0. The number of ether oxygens (including phenoxy) is 3. The van der Waals surface area contributed by atoms with Gasteiger partial charge in [-0.05, 0) is 103 Å². The monoisotopic (exact) mass is 973 g/mol. The summed E-state index contributed by atoms with van der Waals surface area (Å²) >= 11 is 0. The molecule has 70 heavy (non-hydrogen) atoms. The maximum absolute atomic E-state index is 12.8. The zero-order chi connectivity index (χ0) is 50.7. The van der Waals surface area contributed by atoms with Gasteiger partial charge in [-0.3, -0.25) is 14.4 Å². The lowest BCUT2D eigenvalue weighted by atomic mass is 10.1. The Morgan fingerprint density at radius 1 is 0.300 bits per heavy atom. The Morgan fingerprint density at radius 3 is 0.900 bits per heavy atom. The highest BCUT2D eigenvalue weighted by molar-refractivity contribution is 5.71. The van der Waals surface area contributed by atoms with Crippen LogP contribution in [0.5, 0.6) is 0 Å². The fraction of sp³-hybridized carbons (Fsp3) is 0.703. The molecular weight excluding hydrogens is 865 g/mol. The van der Waals surface area contributed by atoms with Crippen molar-refractivity contribution in [2.75, 3.05) is 13.2 Å². The summed E-state index contributed by atoms with van der Waals surface area (Å²) in [5.74, 6) is -0.932. The molecular formula is C64H108O6. The van der Waals surface area contributed by atoms with Crippen LogP contribution in [0.15, 0.2) is 97.2 Å². The molecule has 0 amide bonds. The highest BCUT2D eigenvalue weighted by Gasteiger charge is 2.19. The molecule has 400 valence electrons. The van der Waals surface area contributed by atoms with Crippen LogP contribution in [0.3, 0.4) is 0 Å². The molecule has 0 aromatic heterocycles. The largest absolute Gasteiger partial charge is 0.462 e. The number of hydrogen-bond donors (Lipinski definition) is 0. The summed E-state index contributed by atoms with van der Waals surface area (Å²) in [4.78, 5) is 37.9. The molecule has 0 aromatic rings. The molecule has 0 aromatic carbocycles. The number of allylic oxidation sites excluding steroid dienone is 16. The van der Waals surface area contributed by atoms with Crippen molar-refractivity contribution in [3.05, 3.63) is 97.2 Å². The van der Waals surface area contributed by atoms with Crippen LogP contribution in [0.4, 0.5) is 0 Å². The van der Waals surface area contributed by atoms with Gasteiger partial charge in [0, 0.05) is 19.3 Å². The molecule has 0 N–H and O–H groups in total. The van der Waals surface area contributed by atoms with Crippen LogP contribution in [0.2, 0.25) is 0 Å². The first-order chi connectivity index (χ1) is 34.5. The maximum atomic E-state index is 12.8. The number of carbonyl (C=O) groups excluding carboxylic acids is 3. The molecule has 6 heteroatoms. The number of unbranched alkanes of at least 4 members (excludes halogenated alkanes) is 25. The van der Waals surface area contributed by atoms with Gasteiger partial charge in [-0.1, -0.05) is 246 Å². The molecule has 0 saturated heterocycles. The first-order valence-corrected chi connectivity index (χ1v) is 29.2. The minimum Gasteiger partial charge on any atom is -0.462 e. The fourth-order valence-corrected chi connectivity index (χ4v) is 7.95. The smallest absolute Gasteiger partial charge is 0.306 e. The molecule has 1 unspecified atom stereocenters. The van der Waals surface area contributed by atoms with E-state index in [0.29, 0.717) is 19.3 Å². The summed E-state index contributed by atoms with van der Waals surface area (Å²) in [5.41, 5.74) is 0. The molecule has 1 atom stereocenters. The van der Waals surface area contributed by atoms with Crippen LogP contribution in [-0.4, -0.2) is 37.2 Å². The van der Waals surface area contributed by atoms with Crippen LogP contribution in [0.1, 0.15) is 271 Å². The van der Waals surface area contributed by atoms with Gasteiger partial charge in [0.25, 0.3) is 0 Å². The first-order valence-electron chi connectivity index (χ1n) is 29.2. The lowest BCUT2D eigenvalue weighted by molar-refractivity contribution is -0.167. The first kappa shape index (κ1) is 66.3. The predicted molar refractivity (Wildman–Crippen MR) is 302 cm³/mol. The Balaban J connectivity index is 4.23. The van der Waals surface area contributed by atoms with Gasteiger partial charge in [0.1, 0.15) is 13.2 Å². The molecule has 6 nitrogen and oxygen atoms in total. The van der Waals surface area contributed by atoms with E-state index in [1.807, 2.05) is 0 Å². The second-order valence-corrected chi connectivity index (χ2v) is 19.2. The maximum Gasteiger partial charge on any atom is 0.306 e. The highest BCUT2D eigenvalue weighted by Crippen LogP contribution is 2.15. The van der Waals surface area contributed by atoms with E-state index < -0.39 is 6.10 Å². The standard InChI is InChI=1S/C64H108O6/c1-4-7-10-13-16-18-20-22-24-26-28-30-31-32-33-35-36-38-40-42-44-46-48-51-54-57-63(66)69-60-61(59-68-62(65)56-53-50-15-12-9-6-3)70-64(67)58-55-52-49-47-45-43-41-39-37-34-29-27-25-23-21-19-17-14-11-8-5-2/h7,10,16,18,22,24,27-30,32-33,36,38,42,44,61H,4-6,8-9,11-15,17,19-21,23,25-26,31,34-35,37,39-41,43,45-60H2,1-3H3/b10-7-,18-16-,24-22-,29-27-,30-28-,33-32-,38-36-,44-42-. The molecule has 0 bridgehead atoms. The molecule has 0 fully saturated rings. The second kappa shape index (κ2) is 57.9. The quantitative estimate of drug-likeness (QED) is 0.0262. The molecule has 0 heterocycles. The van der Waals surface area contributed by atoms with Gasteiger partial charge in [0.05, 0.1) is 0 Å². The number of esters is 3. The topological polar surface area (TPSA) is 78.9 Å². The number of rotatable bonds is 52. The van der Waals surface area contributed by atoms with Crippen LogP contribution in [-0.2, 0) is 28.6 Å².